The van der Waals surface area contributed by atoms with Crippen molar-refractivity contribution in [2.24, 2.45) is 0 Å². The summed E-state index contributed by atoms with van der Waals surface area (Å²) in [6, 6.07) is 7.95. The van der Waals surface area contributed by atoms with Crippen molar-refractivity contribution in [3.05, 3.63) is 41.3 Å². The van der Waals surface area contributed by atoms with Gasteiger partial charge in [-0.15, -0.1) is 0 Å². The lowest BCUT2D eigenvalue weighted by Crippen LogP contribution is -2.35. The van der Waals surface area contributed by atoms with E-state index < -0.39 is 6.10 Å². The van der Waals surface area contributed by atoms with E-state index in [1.54, 1.807) is 0 Å². The van der Waals surface area contributed by atoms with Crippen LogP contribution in [-0.2, 0) is 4.74 Å². The Bertz CT molecular complexity index is 644. The van der Waals surface area contributed by atoms with E-state index in [9.17, 15) is 5.11 Å². The van der Waals surface area contributed by atoms with Crippen molar-refractivity contribution in [2.75, 3.05) is 26.3 Å². The lowest BCUT2D eigenvalue weighted by molar-refractivity contribution is 0.0181. The summed E-state index contributed by atoms with van der Waals surface area (Å²) in [5, 5.41) is 10.8. The summed E-state index contributed by atoms with van der Waals surface area (Å²) in [6.45, 7) is 4.54. The van der Waals surface area contributed by atoms with Crippen molar-refractivity contribution < 1.29 is 9.84 Å². The fourth-order valence-corrected chi connectivity index (χ4v) is 3.34. The number of aliphatic hydroxyl groups excluding tert-OH is 1. The minimum atomic E-state index is -0.462. The molecule has 2 heterocycles. The zero-order chi connectivity index (χ0) is 16.9. The van der Waals surface area contributed by atoms with E-state index in [4.69, 9.17) is 16.3 Å². The topological polar surface area (TPSA) is 61.4 Å². The molecule has 1 fully saturated rings. The molecule has 1 aliphatic rings. The van der Waals surface area contributed by atoms with Crippen LogP contribution in [0.1, 0.15) is 31.6 Å². The minimum Gasteiger partial charge on any atom is -0.389 e. The third-order valence-corrected chi connectivity index (χ3v) is 4.64. The van der Waals surface area contributed by atoms with Gasteiger partial charge in [-0.2, -0.15) is 0 Å². The zero-order valence-corrected chi connectivity index (χ0v) is 14.7. The molecule has 2 N–H and O–H groups in total. The van der Waals surface area contributed by atoms with Crippen LogP contribution in [0.4, 0.5) is 0 Å². The molecule has 0 amide bonds. The van der Waals surface area contributed by atoms with Gasteiger partial charge in [-0.05, 0) is 44.0 Å². The van der Waals surface area contributed by atoms with Gasteiger partial charge in [0.1, 0.15) is 5.82 Å². The molecule has 0 saturated carbocycles. The molecule has 0 spiro atoms. The number of β-amino-alcohol motifs (C(OH)–C–C–N with tert-alkyl or cyclic N) is 1. The molecule has 1 aliphatic heterocycles. The number of imidazole rings is 1. The first-order valence-corrected chi connectivity index (χ1v) is 8.86. The van der Waals surface area contributed by atoms with Crippen LogP contribution in [0.2, 0.25) is 5.02 Å². The SMILES string of the molecule is CCOC[C@@H](O)CN1CCC[C@H]1c1ncc(-c2ccc(Cl)cc2)[nH]1. The molecular formula is C18H24ClN3O2. The van der Waals surface area contributed by atoms with E-state index >= 15 is 0 Å². The van der Waals surface area contributed by atoms with Gasteiger partial charge in [0.25, 0.3) is 0 Å². The molecule has 1 aromatic heterocycles. The average Bonchev–Trinajstić information content (AvgIpc) is 3.22. The van der Waals surface area contributed by atoms with Gasteiger partial charge in [-0.3, -0.25) is 4.90 Å². The highest BCUT2D eigenvalue weighted by atomic mass is 35.5. The molecule has 1 saturated heterocycles. The summed E-state index contributed by atoms with van der Waals surface area (Å²) >= 11 is 5.95. The highest BCUT2D eigenvalue weighted by Crippen LogP contribution is 2.31. The van der Waals surface area contributed by atoms with Crippen LogP contribution < -0.4 is 0 Å². The number of benzene rings is 1. The third-order valence-electron chi connectivity index (χ3n) is 4.39. The first-order valence-electron chi connectivity index (χ1n) is 8.48. The maximum atomic E-state index is 10.1. The Balaban J connectivity index is 1.68. The van der Waals surface area contributed by atoms with E-state index in [0.29, 0.717) is 19.8 Å². The standard InChI is InChI=1S/C18H24ClN3O2/c1-2-24-12-15(23)11-22-9-3-4-17(22)18-20-10-16(21-18)13-5-7-14(19)8-6-13/h5-8,10,15,17,23H,2-4,9,11-12H2,1H3,(H,20,21)/t15-,17-/m0/s1. The summed E-state index contributed by atoms with van der Waals surface area (Å²) in [5.74, 6) is 0.959. The fraction of sp³-hybridized carbons (Fsp3) is 0.500. The summed E-state index contributed by atoms with van der Waals surface area (Å²) in [6.07, 6.45) is 3.57. The Hall–Kier alpha value is -1.40. The van der Waals surface area contributed by atoms with E-state index in [1.807, 2.05) is 37.4 Å². The Morgan fingerprint density at radius 2 is 2.21 bits per heavy atom. The van der Waals surface area contributed by atoms with Gasteiger partial charge < -0.3 is 14.8 Å². The molecule has 0 bridgehead atoms. The van der Waals surface area contributed by atoms with Crippen molar-refractivity contribution in [3.63, 3.8) is 0 Å². The van der Waals surface area contributed by atoms with Crippen LogP contribution in [0.15, 0.2) is 30.5 Å². The first-order chi connectivity index (χ1) is 11.7. The molecule has 1 aromatic carbocycles. The number of aliphatic hydroxyl groups is 1. The summed E-state index contributed by atoms with van der Waals surface area (Å²) in [5.41, 5.74) is 2.06. The predicted molar refractivity (Wildman–Crippen MR) is 95.1 cm³/mol. The number of aromatic amines is 1. The molecule has 130 valence electrons. The Kier molecular flexibility index (Phi) is 5.89. The van der Waals surface area contributed by atoms with Gasteiger partial charge in [-0.1, -0.05) is 23.7 Å². The number of hydrogen-bond acceptors (Lipinski definition) is 4. The van der Waals surface area contributed by atoms with Gasteiger partial charge in [0.2, 0.25) is 0 Å². The number of nitrogens with zero attached hydrogens (tertiary/aromatic N) is 2. The predicted octanol–water partition coefficient (Wildman–Crippen LogP) is 3.26. The van der Waals surface area contributed by atoms with Crippen molar-refractivity contribution >= 4 is 11.6 Å². The normalized spacial score (nSPS) is 19.7. The molecule has 2 atom stereocenters. The third kappa shape index (κ3) is 4.16. The highest BCUT2D eigenvalue weighted by molar-refractivity contribution is 6.30. The van der Waals surface area contributed by atoms with Crippen LogP contribution in [0.5, 0.6) is 0 Å². The molecule has 0 radical (unpaired) electrons. The number of H-pyrrole nitrogens is 1. The Morgan fingerprint density at radius 1 is 1.42 bits per heavy atom. The first kappa shape index (κ1) is 17.4. The molecule has 5 nitrogen and oxygen atoms in total. The Morgan fingerprint density at radius 3 is 2.96 bits per heavy atom. The van der Waals surface area contributed by atoms with E-state index in [0.717, 1.165) is 41.5 Å². The fourth-order valence-electron chi connectivity index (χ4n) is 3.21. The van der Waals surface area contributed by atoms with Crippen LogP contribution in [0, 0.1) is 0 Å². The van der Waals surface area contributed by atoms with Crippen LogP contribution in [0.3, 0.4) is 0 Å². The second-order valence-electron chi connectivity index (χ2n) is 6.16. The molecule has 3 rings (SSSR count). The van der Waals surface area contributed by atoms with Crippen molar-refractivity contribution in [1.82, 2.24) is 14.9 Å². The summed E-state index contributed by atoms with van der Waals surface area (Å²) < 4.78 is 5.31. The van der Waals surface area contributed by atoms with Crippen molar-refractivity contribution in [1.29, 1.82) is 0 Å². The number of rotatable bonds is 7. The summed E-state index contributed by atoms with van der Waals surface area (Å²) in [7, 11) is 0. The van der Waals surface area contributed by atoms with Gasteiger partial charge in [0, 0.05) is 18.2 Å². The minimum absolute atomic E-state index is 0.224. The monoisotopic (exact) mass is 349 g/mol. The maximum absolute atomic E-state index is 10.1. The average molecular weight is 350 g/mol. The van der Waals surface area contributed by atoms with Crippen LogP contribution >= 0.6 is 11.6 Å². The Labute approximate surface area is 147 Å². The molecular weight excluding hydrogens is 326 g/mol. The molecule has 24 heavy (non-hydrogen) atoms. The van der Waals surface area contributed by atoms with E-state index in [1.165, 1.54) is 0 Å². The highest BCUT2D eigenvalue weighted by Gasteiger charge is 2.29. The van der Waals surface area contributed by atoms with Gasteiger partial charge in [0.05, 0.1) is 30.6 Å². The molecule has 2 aromatic rings. The van der Waals surface area contributed by atoms with Gasteiger partial charge in [0.15, 0.2) is 0 Å². The second-order valence-corrected chi connectivity index (χ2v) is 6.59. The summed E-state index contributed by atoms with van der Waals surface area (Å²) in [4.78, 5) is 10.3. The number of hydrogen-bond donors (Lipinski definition) is 2. The number of likely N-dealkylation sites (tertiary alicyclic amines) is 1. The van der Waals surface area contributed by atoms with Crippen molar-refractivity contribution in [3.8, 4) is 11.3 Å². The second kappa shape index (κ2) is 8.12. The molecule has 6 heteroatoms. The van der Waals surface area contributed by atoms with Crippen LogP contribution in [-0.4, -0.2) is 52.4 Å². The van der Waals surface area contributed by atoms with Crippen LogP contribution in [0.25, 0.3) is 11.3 Å². The number of aromatic nitrogens is 2. The van der Waals surface area contributed by atoms with E-state index in [-0.39, 0.29) is 6.04 Å². The van der Waals surface area contributed by atoms with Gasteiger partial charge in [-0.25, -0.2) is 4.98 Å². The zero-order valence-electron chi connectivity index (χ0n) is 13.9. The number of ether oxygens (including phenoxy) is 1. The van der Waals surface area contributed by atoms with Gasteiger partial charge >= 0.3 is 0 Å². The maximum Gasteiger partial charge on any atom is 0.123 e. The lowest BCUT2D eigenvalue weighted by Gasteiger charge is -2.25. The quantitative estimate of drug-likeness (QED) is 0.805. The van der Waals surface area contributed by atoms with Crippen molar-refractivity contribution in [2.45, 2.75) is 31.9 Å². The lowest BCUT2D eigenvalue weighted by atomic mass is 10.2. The van der Waals surface area contributed by atoms with E-state index in [2.05, 4.69) is 14.9 Å². The molecule has 0 aliphatic carbocycles. The number of halogens is 1. The number of nitrogens with one attached hydrogen (secondary N) is 1. The molecule has 0 unspecified atom stereocenters. The largest absolute Gasteiger partial charge is 0.389 e. The smallest absolute Gasteiger partial charge is 0.123 e.